The molecular formula is C12H12N2O2. The molecule has 1 N–H and O–H groups in total. The van der Waals surface area contributed by atoms with Crippen LogP contribution in [0.25, 0.3) is 10.9 Å². The van der Waals surface area contributed by atoms with Gasteiger partial charge in [0.05, 0.1) is 18.3 Å². The Kier molecular flexibility index (Phi) is 2.72. The van der Waals surface area contributed by atoms with Gasteiger partial charge in [0.25, 0.3) is 0 Å². The molecule has 4 heteroatoms. The summed E-state index contributed by atoms with van der Waals surface area (Å²) < 4.78 is 4.56. The van der Waals surface area contributed by atoms with E-state index in [0.717, 1.165) is 16.6 Å². The molecule has 0 spiro atoms. The zero-order chi connectivity index (χ0) is 11.5. The van der Waals surface area contributed by atoms with Crippen molar-refractivity contribution >= 4 is 22.7 Å². The van der Waals surface area contributed by atoms with E-state index in [1.54, 1.807) is 6.07 Å². The van der Waals surface area contributed by atoms with E-state index < -0.39 is 6.09 Å². The van der Waals surface area contributed by atoms with Gasteiger partial charge >= 0.3 is 6.09 Å². The molecule has 0 saturated heterocycles. The molecule has 4 nitrogen and oxygen atoms in total. The second-order valence-electron chi connectivity index (χ2n) is 3.45. The number of carbonyl (C=O) groups is 1. The topological polar surface area (TPSA) is 51.2 Å². The number of methoxy groups -OCH3 is 1. The highest BCUT2D eigenvalue weighted by Crippen LogP contribution is 2.21. The van der Waals surface area contributed by atoms with Gasteiger partial charge in [-0.2, -0.15) is 0 Å². The van der Waals surface area contributed by atoms with Gasteiger partial charge in [-0.15, -0.1) is 0 Å². The molecule has 2 rings (SSSR count). The Hall–Kier alpha value is -2.10. The van der Waals surface area contributed by atoms with Gasteiger partial charge in [-0.25, -0.2) is 4.79 Å². The van der Waals surface area contributed by atoms with Crippen LogP contribution in [0.2, 0.25) is 0 Å². The number of amides is 1. The number of pyridine rings is 1. The summed E-state index contributed by atoms with van der Waals surface area (Å²) in [5, 5.41) is 3.62. The lowest BCUT2D eigenvalue weighted by molar-refractivity contribution is 0.187. The number of aryl methyl sites for hydroxylation is 1. The second kappa shape index (κ2) is 4.18. The number of hydrogen-bond donors (Lipinski definition) is 1. The molecule has 16 heavy (non-hydrogen) atoms. The number of anilines is 1. The minimum atomic E-state index is -0.490. The number of carbonyl (C=O) groups excluding carboxylic acids is 1. The summed E-state index contributed by atoms with van der Waals surface area (Å²) in [7, 11) is 1.33. The highest BCUT2D eigenvalue weighted by molar-refractivity contribution is 5.97. The van der Waals surface area contributed by atoms with Crippen LogP contribution in [0.1, 0.15) is 5.69 Å². The largest absolute Gasteiger partial charge is 0.453 e. The first-order chi connectivity index (χ1) is 7.70. The molecule has 0 aliphatic heterocycles. The first kappa shape index (κ1) is 10.4. The third-order valence-electron chi connectivity index (χ3n) is 2.28. The highest BCUT2D eigenvalue weighted by atomic mass is 16.5. The van der Waals surface area contributed by atoms with Gasteiger partial charge in [0.2, 0.25) is 0 Å². The molecule has 0 saturated carbocycles. The molecule has 1 heterocycles. The van der Waals surface area contributed by atoms with E-state index in [-0.39, 0.29) is 0 Å². The van der Waals surface area contributed by atoms with Crippen LogP contribution in [0.3, 0.4) is 0 Å². The maximum atomic E-state index is 11.1. The van der Waals surface area contributed by atoms with Crippen molar-refractivity contribution in [3.05, 3.63) is 36.0 Å². The minimum Gasteiger partial charge on any atom is -0.453 e. The van der Waals surface area contributed by atoms with E-state index in [0.29, 0.717) is 5.69 Å². The van der Waals surface area contributed by atoms with Crippen LogP contribution in [-0.2, 0) is 4.74 Å². The van der Waals surface area contributed by atoms with Gasteiger partial charge in [0.1, 0.15) is 0 Å². The van der Waals surface area contributed by atoms with Gasteiger partial charge in [0.15, 0.2) is 0 Å². The number of hydrogen-bond acceptors (Lipinski definition) is 3. The molecule has 82 valence electrons. The molecule has 0 aliphatic carbocycles. The first-order valence-corrected chi connectivity index (χ1v) is 4.92. The van der Waals surface area contributed by atoms with Gasteiger partial charge < -0.3 is 4.74 Å². The summed E-state index contributed by atoms with van der Waals surface area (Å²) >= 11 is 0. The summed E-state index contributed by atoms with van der Waals surface area (Å²) in [5.74, 6) is 0. The quantitative estimate of drug-likeness (QED) is 0.797. The third kappa shape index (κ3) is 1.95. The maximum absolute atomic E-state index is 11.1. The smallest absolute Gasteiger partial charge is 0.411 e. The van der Waals surface area contributed by atoms with Crippen LogP contribution in [-0.4, -0.2) is 18.2 Å². The lowest BCUT2D eigenvalue weighted by Crippen LogP contribution is -2.11. The Morgan fingerprint density at radius 3 is 2.88 bits per heavy atom. The van der Waals surface area contributed by atoms with Crippen molar-refractivity contribution < 1.29 is 9.53 Å². The molecule has 1 amide bonds. The second-order valence-corrected chi connectivity index (χ2v) is 3.45. The fourth-order valence-corrected chi connectivity index (χ4v) is 1.51. The molecule has 2 aromatic rings. The van der Waals surface area contributed by atoms with E-state index in [1.165, 1.54) is 7.11 Å². The van der Waals surface area contributed by atoms with Crippen molar-refractivity contribution in [2.45, 2.75) is 6.92 Å². The molecule has 0 bridgehead atoms. The van der Waals surface area contributed by atoms with E-state index >= 15 is 0 Å². The average molecular weight is 216 g/mol. The van der Waals surface area contributed by atoms with Crippen molar-refractivity contribution in [2.24, 2.45) is 0 Å². The third-order valence-corrected chi connectivity index (χ3v) is 2.28. The van der Waals surface area contributed by atoms with E-state index in [2.05, 4.69) is 15.0 Å². The minimum absolute atomic E-state index is 0.490. The van der Waals surface area contributed by atoms with Crippen molar-refractivity contribution in [3.8, 4) is 0 Å². The number of aromatic nitrogens is 1. The van der Waals surface area contributed by atoms with Crippen molar-refractivity contribution in [1.29, 1.82) is 0 Å². The SMILES string of the molecule is COC(=O)Nc1cccc2ccc(C)nc12. The number of fused-ring (bicyclic) bond motifs is 1. The molecular weight excluding hydrogens is 204 g/mol. The highest BCUT2D eigenvalue weighted by Gasteiger charge is 2.06. The van der Waals surface area contributed by atoms with Gasteiger partial charge in [-0.1, -0.05) is 18.2 Å². The molecule has 0 unspecified atom stereocenters. The Morgan fingerprint density at radius 2 is 2.12 bits per heavy atom. The number of para-hydroxylation sites is 1. The maximum Gasteiger partial charge on any atom is 0.411 e. The normalized spacial score (nSPS) is 10.1. The Labute approximate surface area is 93.3 Å². The molecule has 0 atom stereocenters. The Balaban J connectivity index is 2.52. The van der Waals surface area contributed by atoms with Crippen molar-refractivity contribution in [2.75, 3.05) is 12.4 Å². The number of ether oxygens (including phenoxy) is 1. The molecule has 1 aromatic carbocycles. The van der Waals surface area contributed by atoms with Crippen molar-refractivity contribution in [3.63, 3.8) is 0 Å². The summed E-state index contributed by atoms with van der Waals surface area (Å²) in [6.45, 7) is 1.91. The molecule has 0 radical (unpaired) electrons. The number of nitrogens with zero attached hydrogens (tertiary/aromatic N) is 1. The fraction of sp³-hybridized carbons (Fsp3) is 0.167. The molecule has 0 aliphatic rings. The summed E-state index contributed by atoms with van der Waals surface area (Å²) in [6.07, 6.45) is -0.490. The zero-order valence-electron chi connectivity index (χ0n) is 9.15. The summed E-state index contributed by atoms with van der Waals surface area (Å²) in [5.41, 5.74) is 2.34. The average Bonchev–Trinajstić information content (AvgIpc) is 2.29. The predicted octanol–water partition coefficient (Wildman–Crippen LogP) is 2.72. The first-order valence-electron chi connectivity index (χ1n) is 4.92. The molecule has 1 aromatic heterocycles. The Bertz CT molecular complexity index is 538. The predicted molar refractivity (Wildman–Crippen MR) is 62.5 cm³/mol. The van der Waals surface area contributed by atoms with Crippen LogP contribution in [0, 0.1) is 6.92 Å². The van der Waals surface area contributed by atoms with Gasteiger partial charge in [-0.3, -0.25) is 10.3 Å². The van der Waals surface area contributed by atoms with Gasteiger partial charge in [0, 0.05) is 11.1 Å². The van der Waals surface area contributed by atoms with Crippen LogP contribution in [0.4, 0.5) is 10.5 Å². The standard InChI is InChI=1S/C12H12N2O2/c1-8-6-7-9-4-3-5-10(11(9)13-8)14-12(15)16-2/h3-7H,1-2H3,(H,14,15). The lowest BCUT2D eigenvalue weighted by Gasteiger charge is -2.07. The number of rotatable bonds is 1. The summed E-state index contributed by atoms with van der Waals surface area (Å²) in [6, 6.07) is 9.52. The van der Waals surface area contributed by atoms with Crippen LogP contribution >= 0.6 is 0 Å². The van der Waals surface area contributed by atoms with Crippen LogP contribution in [0.15, 0.2) is 30.3 Å². The fourth-order valence-electron chi connectivity index (χ4n) is 1.51. The summed E-state index contributed by atoms with van der Waals surface area (Å²) in [4.78, 5) is 15.5. The zero-order valence-corrected chi connectivity index (χ0v) is 9.15. The number of nitrogens with one attached hydrogen (secondary N) is 1. The lowest BCUT2D eigenvalue weighted by atomic mass is 10.2. The molecule has 0 fully saturated rings. The Morgan fingerprint density at radius 1 is 1.31 bits per heavy atom. The monoisotopic (exact) mass is 216 g/mol. The van der Waals surface area contributed by atoms with Gasteiger partial charge in [-0.05, 0) is 19.1 Å². The van der Waals surface area contributed by atoms with E-state index in [1.807, 2.05) is 31.2 Å². The number of benzene rings is 1. The van der Waals surface area contributed by atoms with Crippen molar-refractivity contribution in [1.82, 2.24) is 4.98 Å². The van der Waals surface area contributed by atoms with Crippen LogP contribution < -0.4 is 5.32 Å². The van der Waals surface area contributed by atoms with Crippen LogP contribution in [0.5, 0.6) is 0 Å². The van der Waals surface area contributed by atoms with E-state index in [4.69, 9.17) is 0 Å². The van der Waals surface area contributed by atoms with E-state index in [9.17, 15) is 4.79 Å².